The number of hydrogen-bond acceptors (Lipinski definition) is 3. The number of aromatic nitrogens is 2. The summed E-state index contributed by atoms with van der Waals surface area (Å²) >= 11 is 1.75. The van der Waals surface area contributed by atoms with Crippen LogP contribution < -0.4 is 5.32 Å². The summed E-state index contributed by atoms with van der Waals surface area (Å²) in [7, 11) is 0. The molecule has 16 heavy (non-hydrogen) atoms. The normalized spacial score (nSPS) is 12.8. The molecule has 3 nitrogen and oxygen atoms in total. The van der Waals surface area contributed by atoms with Gasteiger partial charge in [-0.3, -0.25) is 0 Å². The highest BCUT2D eigenvalue weighted by molar-refractivity contribution is 7.07. The Balaban J connectivity index is 1.65. The molecule has 0 aliphatic rings. The van der Waals surface area contributed by atoms with Crippen molar-refractivity contribution >= 4 is 11.3 Å². The second-order valence-electron chi connectivity index (χ2n) is 3.89. The van der Waals surface area contributed by atoms with Crippen LogP contribution >= 0.6 is 11.3 Å². The highest BCUT2D eigenvalue weighted by Crippen LogP contribution is 2.15. The Morgan fingerprint density at radius 3 is 3.19 bits per heavy atom. The minimum absolute atomic E-state index is 0.453. The van der Waals surface area contributed by atoms with Crippen LogP contribution in [0, 0.1) is 0 Å². The van der Waals surface area contributed by atoms with E-state index < -0.39 is 0 Å². The molecule has 0 fully saturated rings. The summed E-state index contributed by atoms with van der Waals surface area (Å²) in [6, 6.07) is 2.63. The van der Waals surface area contributed by atoms with Gasteiger partial charge in [-0.15, -0.1) is 0 Å². The lowest BCUT2D eigenvalue weighted by atomic mass is 10.2. The van der Waals surface area contributed by atoms with E-state index in [1.54, 1.807) is 11.3 Å². The first kappa shape index (κ1) is 11.4. The van der Waals surface area contributed by atoms with E-state index in [0.717, 1.165) is 19.5 Å². The van der Waals surface area contributed by atoms with Gasteiger partial charge in [-0.2, -0.15) is 11.3 Å². The molecule has 2 aromatic rings. The van der Waals surface area contributed by atoms with Gasteiger partial charge in [-0.1, -0.05) is 0 Å². The molecule has 0 amide bonds. The molecule has 0 bridgehead atoms. The van der Waals surface area contributed by atoms with Crippen LogP contribution in [0.2, 0.25) is 0 Å². The van der Waals surface area contributed by atoms with Gasteiger partial charge in [0.05, 0.1) is 6.33 Å². The highest BCUT2D eigenvalue weighted by atomic mass is 32.1. The number of nitrogens with one attached hydrogen (secondary N) is 1. The van der Waals surface area contributed by atoms with Crippen LogP contribution in [0.3, 0.4) is 0 Å². The molecule has 0 spiro atoms. The van der Waals surface area contributed by atoms with Crippen LogP contribution in [-0.2, 0) is 6.54 Å². The Hall–Kier alpha value is -1.13. The van der Waals surface area contributed by atoms with Gasteiger partial charge < -0.3 is 9.88 Å². The quantitative estimate of drug-likeness (QED) is 0.780. The fourth-order valence-corrected chi connectivity index (χ4v) is 2.39. The Labute approximate surface area is 100 Å². The summed E-state index contributed by atoms with van der Waals surface area (Å²) in [5.41, 5.74) is 1.38. The van der Waals surface area contributed by atoms with Crippen molar-refractivity contribution in [2.45, 2.75) is 25.9 Å². The zero-order valence-corrected chi connectivity index (χ0v) is 10.3. The van der Waals surface area contributed by atoms with Crippen LogP contribution in [0.4, 0.5) is 0 Å². The molecule has 2 rings (SSSR count). The summed E-state index contributed by atoms with van der Waals surface area (Å²) in [5, 5.41) is 7.85. The molecule has 0 saturated heterocycles. The first-order chi connectivity index (χ1) is 7.86. The van der Waals surface area contributed by atoms with Gasteiger partial charge in [-0.25, -0.2) is 4.98 Å². The Kier molecular flexibility index (Phi) is 4.13. The van der Waals surface area contributed by atoms with E-state index in [1.165, 1.54) is 5.56 Å². The van der Waals surface area contributed by atoms with Gasteiger partial charge in [0.1, 0.15) is 0 Å². The minimum atomic E-state index is 0.453. The number of thiophene rings is 1. The van der Waals surface area contributed by atoms with Crippen LogP contribution in [0.25, 0.3) is 0 Å². The van der Waals surface area contributed by atoms with E-state index in [2.05, 4.69) is 38.6 Å². The SMILES string of the molecule is CC(NCCCn1ccnc1)c1ccsc1. The number of nitrogens with zero attached hydrogens (tertiary/aromatic N) is 2. The second kappa shape index (κ2) is 5.82. The number of hydrogen-bond donors (Lipinski definition) is 1. The molecule has 0 aromatic carbocycles. The predicted octanol–water partition coefficient (Wildman–Crippen LogP) is 2.69. The molecular formula is C12H17N3S. The van der Waals surface area contributed by atoms with Gasteiger partial charge in [0.2, 0.25) is 0 Å². The van der Waals surface area contributed by atoms with E-state index in [-0.39, 0.29) is 0 Å². The third kappa shape index (κ3) is 3.18. The number of rotatable bonds is 6. The number of aryl methyl sites for hydroxylation is 1. The summed E-state index contributed by atoms with van der Waals surface area (Å²) in [6.07, 6.45) is 6.82. The van der Waals surface area contributed by atoms with Gasteiger partial charge >= 0.3 is 0 Å². The number of imidazole rings is 1. The third-order valence-electron chi connectivity index (χ3n) is 2.65. The summed E-state index contributed by atoms with van der Waals surface area (Å²) in [5.74, 6) is 0. The lowest BCUT2D eigenvalue weighted by Gasteiger charge is -2.12. The lowest BCUT2D eigenvalue weighted by molar-refractivity contribution is 0.527. The molecule has 2 heterocycles. The molecule has 4 heteroatoms. The maximum Gasteiger partial charge on any atom is 0.0945 e. The lowest BCUT2D eigenvalue weighted by Crippen LogP contribution is -2.20. The monoisotopic (exact) mass is 235 g/mol. The van der Waals surface area contributed by atoms with Crippen molar-refractivity contribution in [1.29, 1.82) is 0 Å². The molecule has 1 unspecified atom stereocenters. The molecule has 1 atom stereocenters. The molecule has 0 radical (unpaired) electrons. The highest BCUT2D eigenvalue weighted by Gasteiger charge is 2.03. The van der Waals surface area contributed by atoms with E-state index >= 15 is 0 Å². The van der Waals surface area contributed by atoms with Gasteiger partial charge in [0.25, 0.3) is 0 Å². The zero-order chi connectivity index (χ0) is 11.2. The van der Waals surface area contributed by atoms with Crippen molar-refractivity contribution in [1.82, 2.24) is 14.9 Å². The maximum absolute atomic E-state index is 4.02. The van der Waals surface area contributed by atoms with Crippen molar-refractivity contribution in [2.75, 3.05) is 6.54 Å². The average Bonchev–Trinajstić information content (AvgIpc) is 2.96. The van der Waals surface area contributed by atoms with Gasteiger partial charge in [0.15, 0.2) is 0 Å². The zero-order valence-electron chi connectivity index (χ0n) is 9.47. The molecule has 2 aromatic heterocycles. The molecule has 0 aliphatic heterocycles. The molecule has 86 valence electrons. The summed E-state index contributed by atoms with van der Waals surface area (Å²) in [4.78, 5) is 4.02. The standard InChI is InChI=1S/C12H17N3S/c1-11(12-3-8-16-9-12)14-4-2-6-15-7-5-13-10-15/h3,5,7-11,14H,2,4,6H2,1H3. The van der Waals surface area contributed by atoms with E-state index in [1.807, 2.05) is 18.7 Å². The molecule has 0 aliphatic carbocycles. The van der Waals surface area contributed by atoms with Gasteiger partial charge in [0, 0.05) is 25.0 Å². The van der Waals surface area contributed by atoms with Crippen LogP contribution in [0.5, 0.6) is 0 Å². The van der Waals surface area contributed by atoms with Gasteiger partial charge in [-0.05, 0) is 42.3 Å². The molecular weight excluding hydrogens is 218 g/mol. The van der Waals surface area contributed by atoms with Crippen LogP contribution in [-0.4, -0.2) is 16.1 Å². The maximum atomic E-state index is 4.02. The average molecular weight is 235 g/mol. The Morgan fingerprint density at radius 1 is 1.56 bits per heavy atom. The fraction of sp³-hybridized carbons (Fsp3) is 0.417. The minimum Gasteiger partial charge on any atom is -0.337 e. The topological polar surface area (TPSA) is 29.9 Å². The van der Waals surface area contributed by atoms with Crippen molar-refractivity contribution in [3.63, 3.8) is 0 Å². The van der Waals surface area contributed by atoms with E-state index in [4.69, 9.17) is 0 Å². The largest absolute Gasteiger partial charge is 0.337 e. The van der Waals surface area contributed by atoms with Crippen LogP contribution in [0.15, 0.2) is 35.5 Å². The van der Waals surface area contributed by atoms with Crippen molar-refractivity contribution < 1.29 is 0 Å². The Morgan fingerprint density at radius 2 is 2.50 bits per heavy atom. The van der Waals surface area contributed by atoms with Crippen molar-refractivity contribution in [3.05, 3.63) is 41.1 Å². The third-order valence-corrected chi connectivity index (χ3v) is 3.35. The predicted molar refractivity (Wildman–Crippen MR) is 67.6 cm³/mol. The summed E-state index contributed by atoms with van der Waals surface area (Å²) < 4.78 is 2.11. The Bertz CT molecular complexity index is 380. The second-order valence-corrected chi connectivity index (χ2v) is 4.67. The van der Waals surface area contributed by atoms with Crippen molar-refractivity contribution in [3.8, 4) is 0 Å². The van der Waals surface area contributed by atoms with E-state index in [0.29, 0.717) is 6.04 Å². The molecule has 0 saturated carbocycles. The molecule has 1 N–H and O–H groups in total. The van der Waals surface area contributed by atoms with Crippen molar-refractivity contribution in [2.24, 2.45) is 0 Å². The smallest absolute Gasteiger partial charge is 0.0945 e. The van der Waals surface area contributed by atoms with E-state index in [9.17, 15) is 0 Å². The summed E-state index contributed by atoms with van der Waals surface area (Å²) in [6.45, 7) is 4.28. The first-order valence-corrected chi connectivity index (χ1v) is 6.52. The van der Waals surface area contributed by atoms with Crippen LogP contribution in [0.1, 0.15) is 24.9 Å². The fourth-order valence-electron chi connectivity index (χ4n) is 1.64. The first-order valence-electron chi connectivity index (χ1n) is 5.57.